The maximum atomic E-state index is 10.8. The van der Waals surface area contributed by atoms with Crippen molar-refractivity contribution >= 4 is 5.78 Å². The Bertz CT molecular complexity index is 157. The lowest BCUT2D eigenvalue weighted by molar-refractivity contribution is -0.120. The van der Waals surface area contributed by atoms with E-state index < -0.39 is 0 Å². The molecule has 1 aliphatic carbocycles. The van der Waals surface area contributed by atoms with Crippen LogP contribution in [0.2, 0.25) is 0 Å². The molecule has 0 amide bonds. The number of hydrogen-bond donors (Lipinski definition) is 0. The van der Waals surface area contributed by atoms with Gasteiger partial charge in [0.1, 0.15) is 0 Å². The largest absolute Gasteiger partial charge is 0.305 e. The highest BCUT2D eigenvalue weighted by Gasteiger charge is 2.25. The number of rotatable bonds is 0. The molecule has 0 aromatic rings. The minimum absolute atomic E-state index is 0.149. The summed E-state index contributed by atoms with van der Waals surface area (Å²) in [5.41, 5.74) is 0. The molecule has 2 nitrogen and oxygen atoms in total. The first-order valence-electron chi connectivity index (χ1n) is 3.24. The van der Waals surface area contributed by atoms with E-state index in [-0.39, 0.29) is 11.8 Å². The number of ketones is 1. The summed E-state index contributed by atoms with van der Waals surface area (Å²) < 4.78 is 0. The molecule has 0 N–H and O–H groups in total. The molecule has 0 saturated heterocycles. The summed E-state index contributed by atoms with van der Waals surface area (Å²) in [5, 5.41) is 0. The Morgan fingerprint density at radius 1 is 1.56 bits per heavy atom. The third-order valence-corrected chi connectivity index (χ3v) is 1.68. The lowest BCUT2D eigenvalue weighted by Crippen LogP contribution is -2.20. The summed E-state index contributed by atoms with van der Waals surface area (Å²) >= 11 is 0. The van der Waals surface area contributed by atoms with Gasteiger partial charge in [-0.05, 0) is 12.8 Å². The number of hydrogen-bond acceptors (Lipinski definition) is 1. The Labute approximate surface area is 54.7 Å². The van der Waals surface area contributed by atoms with E-state index in [1.165, 1.54) is 0 Å². The van der Waals surface area contributed by atoms with Crippen LogP contribution in [-0.2, 0) is 4.79 Å². The second-order valence-electron chi connectivity index (χ2n) is 2.36. The highest BCUT2D eigenvalue weighted by molar-refractivity contribution is 5.86. The number of carbonyl (C=O) groups is 1. The maximum absolute atomic E-state index is 10.8. The van der Waals surface area contributed by atoms with Crippen LogP contribution in [0.3, 0.4) is 0 Å². The van der Waals surface area contributed by atoms with Crippen molar-refractivity contribution in [1.82, 2.24) is 0 Å². The van der Waals surface area contributed by atoms with Crippen LogP contribution < -0.4 is 0 Å². The van der Waals surface area contributed by atoms with Gasteiger partial charge in [0.05, 0.1) is 0 Å². The zero-order valence-corrected chi connectivity index (χ0v) is 5.26. The third-order valence-electron chi connectivity index (χ3n) is 1.68. The van der Waals surface area contributed by atoms with Gasteiger partial charge in [0, 0.05) is 12.8 Å². The Morgan fingerprint density at radius 3 is 2.78 bits per heavy atom. The Balaban J connectivity index is 2.51. The molecule has 2 heteroatoms. The summed E-state index contributed by atoms with van der Waals surface area (Å²) in [7, 11) is 0. The van der Waals surface area contributed by atoms with Crippen LogP contribution in [0.15, 0.2) is 0 Å². The van der Waals surface area contributed by atoms with Gasteiger partial charge in [-0.15, -0.1) is 0 Å². The van der Waals surface area contributed by atoms with E-state index in [2.05, 4.69) is 4.85 Å². The molecule has 0 radical (unpaired) electrons. The summed E-state index contributed by atoms with van der Waals surface area (Å²) in [6.07, 6.45) is 3.47. The molecule has 0 spiro atoms. The molecule has 48 valence electrons. The van der Waals surface area contributed by atoms with Crippen LogP contribution in [0.1, 0.15) is 25.7 Å². The van der Waals surface area contributed by atoms with Crippen molar-refractivity contribution in [2.45, 2.75) is 31.7 Å². The first-order chi connectivity index (χ1) is 4.34. The van der Waals surface area contributed by atoms with Crippen molar-refractivity contribution in [2.24, 2.45) is 0 Å². The van der Waals surface area contributed by atoms with Gasteiger partial charge in [0.25, 0.3) is 6.04 Å². The average molecular weight is 123 g/mol. The number of carbonyl (C=O) groups excluding carboxylic acids is 1. The number of Topliss-reactive ketones (excluding diaryl/α,β-unsaturated/α-hetero) is 1. The SMILES string of the molecule is [C-]#[N+]C1CCCCC1=O. The zero-order valence-electron chi connectivity index (χ0n) is 5.26. The lowest BCUT2D eigenvalue weighted by Gasteiger charge is -2.08. The topological polar surface area (TPSA) is 21.4 Å². The van der Waals surface area contributed by atoms with Crippen LogP contribution in [-0.4, -0.2) is 11.8 Å². The van der Waals surface area contributed by atoms with Crippen molar-refractivity contribution in [3.05, 3.63) is 11.4 Å². The van der Waals surface area contributed by atoms with Gasteiger partial charge in [0.15, 0.2) is 0 Å². The fourth-order valence-corrected chi connectivity index (χ4v) is 1.10. The first kappa shape index (κ1) is 6.28. The fraction of sp³-hybridized carbons (Fsp3) is 0.714. The van der Waals surface area contributed by atoms with Gasteiger partial charge in [-0.3, -0.25) is 4.79 Å². The molecule has 1 unspecified atom stereocenters. The highest BCUT2D eigenvalue weighted by Crippen LogP contribution is 2.16. The van der Waals surface area contributed by atoms with Crippen molar-refractivity contribution < 1.29 is 4.79 Å². The quantitative estimate of drug-likeness (QED) is 0.446. The molecule has 0 aliphatic heterocycles. The standard InChI is InChI=1S/C7H9NO/c1-8-6-4-2-3-5-7(6)9/h6H,2-5H2. The Kier molecular flexibility index (Phi) is 1.84. The molecule has 0 bridgehead atoms. The molecular weight excluding hydrogens is 114 g/mol. The second-order valence-corrected chi connectivity index (χ2v) is 2.36. The summed E-state index contributed by atoms with van der Waals surface area (Å²) in [4.78, 5) is 14.0. The first-order valence-corrected chi connectivity index (χ1v) is 3.24. The van der Waals surface area contributed by atoms with Crippen LogP contribution in [0, 0.1) is 6.57 Å². The van der Waals surface area contributed by atoms with E-state index in [0.29, 0.717) is 6.42 Å². The second kappa shape index (κ2) is 2.63. The van der Waals surface area contributed by atoms with E-state index in [1.54, 1.807) is 0 Å². The molecule has 0 aromatic carbocycles. The molecule has 1 rings (SSSR count). The normalized spacial score (nSPS) is 27.4. The molecule has 9 heavy (non-hydrogen) atoms. The Hall–Kier alpha value is -0.840. The third kappa shape index (κ3) is 1.29. The maximum Gasteiger partial charge on any atom is 0.280 e. The Morgan fingerprint density at radius 2 is 2.33 bits per heavy atom. The van der Waals surface area contributed by atoms with Crippen molar-refractivity contribution in [2.75, 3.05) is 0 Å². The predicted molar refractivity (Wildman–Crippen MR) is 33.9 cm³/mol. The van der Waals surface area contributed by atoms with Gasteiger partial charge in [-0.1, -0.05) is 0 Å². The molecule has 1 aliphatic rings. The van der Waals surface area contributed by atoms with Crippen LogP contribution in [0.4, 0.5) is 0 Å². The van der Waals surface area contributed by atoms with E-state index >= 15 is 0 Å². The summed E-state index contributed by atoms with van der Waals surface area (Å²) in [6.45, 7) is 6.63. The molecular formula is C7H9NO. The predicted octanol–water partition coefficient (Wildman–Crippen LogP) is 1.42. The van der Waals surface area contributed by atoms with E-state index in [1.807, 2.05) is 0 Å². The molecule has 0 heterocycles. The highest BCUT2D eigenvalue weighted by atomic mass is 16.1. The lowest BCUT2D eigenvalue weighted by atomic mass is 9.95. The summed E-state index contributed by atoms with van der Waals surface area (Å²) in [6, 6.07) is -0.293. The minimum atomic E-state index is -0.293. The minimum Gasteiger partial charge on any atom is -0.305 e. The van der Waals surface area contributed by atoms with Crippen molar-refractivity contribution in [1.29, 1.82) is 0 Å². The van der Waals surface area contributed by atoms with Crippen LogP contribution in [0.25, 0.3) is 4.85 Å². The van der Waals surface area contributed by atoms with Gasteiger partial charge in [-0.25, -0.2) is 6.57 Å². The molecule has 1 atom stereocenters. The van der Waals surface area contributed by atoms with Gasteiger partial charge in [0.2, 0.25) is 5.78 Å². The average Bonchev–Trinajstić information content (AvgIpc) is 1.89. The molecule has 1 fully saturated rings. The van der Waals surface area contributed by atoms with Crippen LogP contribution >= 0.6 is 0 Å². The van der Waals surface area contributed by atoms with E-state index in [9.17, 15) is 4.79 Å². The van der Waals surface area contributed by atoms with Gasteiger partial charge < -0.3 is 4.85 Å². The fourth-order valence-electron chi connectivity index (χ4n) is 1.10. The van der Waals surface area contributed by atoms with Gasteiger partial charge in [-0.2, -0.15) is 0 Å². The number of nitrogens with zero attached hydrogens (tertiary/aromatic N) is 1. The van der Waals surface area contributed by atoms with Crippen molar-refractivity contribution in [3.63, 3.8) is 0 Å². The monoisotopic (exact) mass is 123 g/mol. The van der Waals surface area contributed by atoms with E-state index in [4.69, 9.17) is 6.57 Å². The van der Waals surface area contributed by atoms with E-state index in [0.717, 1.165) is 19.3 Å². The van der Waals surface area contributed by atoms with Crippen molar-refractivity contribution in [3.8, 4) is 0 Å². The smallest absolute Gasteiger partial charge is 0.280 e. The summed E-state index contributed by atoms with van der Waals surface area (Å²) in [5.74, 6) is 0.149. The van der Waals surface area contributed by atoms with Crippen LogP contribution in [0.5, 0.6) is 0 Å². The molecule has 1 saturated carbocycles. The molecule has 0 aromatic heterocycles. The van der Waals surface area contributed by atoms with Gasteiger partial charge >= 0.3 is 0 Å². The zero-order chi connectivity index (χ0) is 6.69.